The maximum atomic E-state index is 13.0. The van der Waals surface area contributed by atoms with Crippen LogP contribution in [0, 0.1) is 5.82 Å². The first-order valence-corrected chi connectivity index (χ1v) is 7.10. The van der Waals surface area contributed by atoms with Crippen molar-refractivity contribution in [2.24, 2.45) is 0 Å². The summed E-state index contributed by atoms with van der Waals surface area (Å²) in [5, 5.41) is 4.01. The van der Waals surface area contributed by atoms with Gasteiger partial charge in [0.1, 0.15) is 23.9 Å². The zero-order chi connectivity index (χ0) is 14.7. The topological polar surface area (TPSA) is 35.3 Å². The summed E-state index contributed by atoms with van der Waals surface area (Å²) in [4.78, 5) is 0. The van der Waals surface area contributed by atoms with Gasteiger partial charge in [0.25, 0.3) is 0 Å². The highest BCUT2D eigenvalue weighted by Crippen LogP contribution is 2.27. The maximum Gasteiger partial charge on any atom is 0.174 e. The van der Waals surface area contributed by atoms with Crippen LogP contribution in [0.15, 0.2) is 63.6 Å². The third kappa shape index (κ3) is 3.31. The molecule has 0 saturated carbocycles. The lowest BCUT2D eigenvalue weighted by molar-refractivity contribution is 0.248. The van der Waals surface area contributed by atoms with E-state index in [1.165, 1.54) is 12.1 Å². The lowest BCUT2D eigenvalue weighted by atomic mass is 10.1. The second kappa shape index (κ2) is 6.10. The third-order valence-electron chi connectivity index (χ3n) is 2.89. The van der Waals surface area contributed by atoms with E-state index in [4.69, 9.17) is 9.26 Å². The normalized spacial score (nSPS) is 10.6. The quantitative estimate of drug-likeness (QED) is 0.678. The molecule has 3 aromatic rings. The highest BCUT2D eigenvalue weighted by molar-refractivity contribution is 9.10. The van der Waals surface area contributed by atoms with Crippen molar-refractivity contribution in [2.45, 2.75) is 6.61 Å². The molecule has 0 aliphatic carbocycles. The van der Waals surface area contributed by atoms with E-state index < -0.39 is 0 Å². The van der Waals surface area contributed by atoms with Gasteiger partial charge in [-0.05, 0) is 34.1 Å². The number of rotatable bonds is 4. The lowest BCUT2D eigenvalue weighted by Crippen LogP contribution is -1.94. The molecule has 2 aromatic carbocycles. The van der Waals surface area contributed by atoms with Crippen molar-refractivity contribution in [2.75, 3.05) is 0 Å². The molecule has 3 rings (SSSR count). The molecule has 1 heterocycles. The summed E-state index contributed by atoms with van der Waals surface area (Å²) in [5.74, 6) is 0.833. The average Bonchev–Trinajstić information content (AvgIpc) is 2.96. The second-order valence-electron chi connectivity index (χ2n) is 4.41. The van der Waals surface area contributed by atoms with E-state index in [9.17, 15) is 4.39 Å². The van der Waals surface area contributed by atoms with Crippen molar-refractivity contribution < 1.29 is 13.7 Å². The Labute approximate surface area is 129 Å². The molecule has 5 heteroatoms. The summed E-state index contributed by atoms with van der Waals surface area (Å²) in [7, 11) is 0. The molecular weight excluding hydrogens is 337 g/mol. The molecule has 0 bridgehead atoms. The highest BCUT2D eigenvalue weighted by Gasteiger charge is 2.08. The molecule has 0 spiro atoms. The van der Waals surface area contributed by atoms with Gasteiger partial charge in [0.15, 0.2) is 5.76 Å². The van der Waals surface area contributed by atoms with Crippen molar-refractivity contribution in [3.05, 3.63) is 70.6 Å². The molecular formula is C16H11BrFNO2. The van der Waals surface area contributed by atoms with Gasteiger partial charge in [-0.3, -0.25) is 0 Å². The number of benzene rings is 2. The lowest BCUT2D eigenvalue weighted by Gasteiger charge is -2.05. The van der Waals surface area contributed by atoms with Gasteiger partial charge in [0.05, 0.1) is 4.47 Å². The summed E-state index contributed by atoms with van der Waals surface area (Å²) in [6.45, 7) is 0.226. The van der Waals surface area contributed by atoms with Gasteiger partial charge < -0.3 is 9.26 Å². The molecule has 0 aliphatic heterocycles. The molecule has 0 fully saturated rings. The van der Waals surface area contributed by atoms with Crippen molar-refractivity contribution in [1.82, 2.24) is 5.16 Å². The summed E-state index contributed by atoms with van der Waals surface area (Å²) >= 11 is 3.25. The van der Waals surface area contributed by atoms with Gasteiger partial charge >= 0.3 is 0 Å². The van der Waals surface area contributed by atoms with Crippen LogP contribution in [0.25, 0.3) is 11.3 Å². The number of nitrogens with zero attached hydrogens (tertiary/aromatic N) is 1. The molecule has 106 valence electrons. The fourth-order valence-corrected chi connectivity index (χ4v) is 2.33. The summed E-state index contributed by atoms with van der Waals surface area (Å²) in [5.41, 5.74) is 1.74. The van der Waals surface area contributed by atoms with Crippen molar-refractivity contribution in [1.29, 1.82) is 0 Å². The van der Waals surface area contributed by atoms with Crippen LogP contribution in [0.5, 0.6) is 5.75 Å². The average molecular weight is 348 g/mol. The van der Waals surface area contributed by atoms with E-state index in [1.54, 1.807) is 6.07 Å². The summed E-state index contributed by atoms with van der Waals surface area (Å²) < 4.78 is 24.4. The van der Waals surface area contributed by atoms with Crippen molar-refractivity contribution >= 4 is 15.9 Å². The molecule has 21 heavy (non-hydrogen) atoms. The van der Waals surface area contributed by atoms with Gasteiger partial charge in [-0.15, -0.1) is 0 Å². The Hall–Kier alpha value is -2.14. The zero-order valence-corrected chi connectivity index (χ0v) is 12.5. The first kappa shape index (κ1) is 13.8. The third-order valence-corrected chi connectivity index (χ3v) is 3.51. The van der Waals surface area contributed by atoms with E-state index >= 15 is 0 Å². The van der Waals surface area contributed by atoms with Crippen LogP contribution in [0.1, 0.15) is 5.76 Å². The minimum Gasteiger partial charge on any atom is -0.484 e. The van der Waals surface area contributed by atoms with E-state index in [1.807, 2.05) is 36.4 Å². The number of halogens is 2. The first-order chi connectivity index (χ1) is 10.2. The highest BCUT2D eigenvalue weighted by atomic mass is 79.9. The SMILES string of the molecule is Fc1ccc(OCc2cc(-c3ccccc3)no2)c(Br)c1. The van der Waals surface area contributed by atoms with Crippen LogP contribution in [0.3, 0.4) is 0 Å². The molecule has 0 amide bonds. The summed E-state index contributed by atoms with van der Waals surface area (Å²) in [6.07, 6.45) is 0. The van der Waals surface area contributed by atoms with E-state index in [0.717, 1.165) is 11.3 Å². The van der Waals surface area contributed by atoms with Gasteiger partial charge in [0.2, 0.25) is 0 Å². The Balaban J connectivity index is 1.70. The van der Waals surface area contributed by atoms with Crippen molar-refractivity contribution in [3.8, 4) is 17.0 Å². The molecule has 1 aromatic heterocycles. The van der Waals surface area contributed by atoms with Crippen LogP contribution in [-0.2, 0) is 6.61 Å². The smallest absolute Gasteiger partial charge is 0.174 e. The van der Waals surface area contributed by atoms with Crippen LogP contribution in [0.4, 0.5) is 4.39 Å². The van der Waals surface area contributed by atoms with Gasteiger partial charge in [-0.2, -0.15) is 0 Å². The largest absolute Gasteiger partial charge is 0.484 e. The standard InChI is InChI=1S/C16H11BrFNO2/c17-14-8-12(18)6-7-16(14)20-10-13-9-15(19-21-13)11-4-2-1-3-5-11/h1-9H,10H2. The number of hydrogen-bond donors (Lipinski definition) is 0. The monoisotopic (exact) mass is 347 g/mol. The fraction of sp³-hybridized carbons (Fsp3) is 0.0625. The van der Waals surface area contributed by atoms with Crippen LogP contribution < -0.4 is 4.74 Å². The van der Waals surface area contributed by atoms with Gasteiger partial charge in [-0.1, -0.05) is 35.5 Å². The van der Waals surface area contributed by atoms with E-state index in [2.05, 4.69) is 21.1 Å². The van der Waals surface area contributed by atoms with Crippen LogP contribution in [-0.4, -0.2) is 5.16 Å². The van der Waals surface area contributed by atoms with E-state index in [-0.39, 0.29) is 12.4 Å². The predicted octanol–water partition coefficient (Wildman–Crippen LogP) is 4.82. The van der Waals surface area contributed by atoms with E-state index in [0.29, 0.717) is 16.0 Å². The molecule has 3 nitrogen and oxygen atoms in total. The molecule has 0 aliphatic rings. The number of aromatic nitrogens is 1. The Bertz CT molecular complexity index is 743. The van der Waals surface area contributed by atoms with Crippen LogP contribution in [0.2, 0.25) is 0 Å². The Morgan fingerprint density at radius 1 is 1.10 bits per heavy atom. The Kier molecular flexibility index (Phi) is 4.01. The first-order valence-electron chi connectivity index (χ1n) is 6.31. The molecule has 0 radical (unpaired) electrons. The fourth-order valence-electron chi connectivity index (χ4n) is 1.87. The molecule has 0 unspecified atom stereocenters. The Morgan fingerprint density at radius 2 is 1.90 bits per heavy atom. The minimum atomic E-state index is -0.319. The predicted molar refractivity (Wildman–Crippen MR) is 80.4 cm³/mol. The molecule has 0 atom stereocenters. The number of ether oxygens (including phenoxy) is 1. The zero-order valence-electron chi connectivity index (χ0n) is 10.9. The number of hydrogen-bond acceptors (Lipinski definition) is 3. The van der Waals surface area contributed by atoms with Gasteiger partial charge in [0, 0.05) is 11.6 Å². The van der Waals surface area contributed by atoms with Gasteiger partial charge in [-0.25, -0.2) is 4.39 Å². The molecule has 0 saturated heterocycles. The maximum absolute atomic E-state index is 13.0. The van der Waals surface area contributed by atoms with Crippen LogP contribution >= 0.6 is 15.9 Å². The second-order valence-corrected chi connectivity index (χ2v) is 5.26. The Morgan fingerprint density at radius 3 is 2.67 bits per heavy atom. The van der Waals surface area contributed by atoms with Crippen molar-refractivity contribution in [3.63, 3.8) is 0 Å². The summed E-state index contributed by atoms with van der Waals surface area (Å²) in [6, 6.07) is 15.8. The molecule has 0 N–H and O–H groups in total. The minimum absolute atomic E-state index is 0.226.